The van der Waals surface area contributed by atoms with E-state index >= 15 is 0 Å². The van der Waals surface area contributed by atoms with Gasteiger partial charge in [0.2, 0.25) is 0 Å². The zero-order valence-electron chi connectivity index (χ0n) is 22.7. The van der Waals surface area contributed by atoms with E-state index in [0.29, 0.717) is 0 Å². The summed E-state index contributed by atoms with van der Waals surface area (Å²) in [5, 5.41) is 10.2. The van der Waals surface area contributed by atoms with Crippen molar-refractivity contribution in [2.75, 3.05) is 26.2 Å². The van der Waals surface area contributed by atoms with Crippen LogP contribution in [0.25, 0.3) is 10.6 Å². The normalized spacial score (nSPS) is 10.3. The molecule has 2 nitrogen and oxygen atoms in total. The Morgan fingerprint density at radius 2 is 0.613 bits per heavy atom. The summed E-state index contributed by atoms with van der Waals surface area (Å²) in [6.07, 6.45) is 24.3. The van der Waals surface area contributed by atoms with E-state index in [4.69, 9.17) is 0 Å². The van der Waals surface area contributed by atoms with E-state index in [-0.39, 0.29) is 0 Å². The molecule has 0 saturated heterocycles. The molecule has 0 N–H and O–H groups in total. The first kappa shape index (κ1) is 36.0. The molecule has 0 aromatic rings. The van der Waals surface area contributed by atoms with Crippen molar-refractivity contribution in [3.63, 3.8) is 0 Å². The third kappa shape index (κ3) is 48.9. The van der Waals surface area contributed by atoms with Gasteiger partial charge in [-0.3, -0.25) is 0 Å². The summed E-state index contributed by atoms with van der Waals surface area (Å²) in [7, 11) is 0. The van der Waals surface area contributed by atoms with Crippen LogP contribution < -0.4 is 0 Å². The first-order valence-electron chi connectivity index (χ1n) is 14.2. The van der Waals surface area contributed by atoms with Crippen LogP contribution in [0.2, 0.25) is 5.28 Å². The molecule has 0 aliphatic rings. The third-order valence-corrected chi connectivity index (χ3v) is 5.65. The van der Waals surface area contributed by atoms with Gasteiger partial charge in [0.25, 0.3) is 0 Å². The second-order valence-corrected chi connectivity index (χ2v) is 9.30. The van der Waals surface area contributed by atoms with Crippen molar-refractivity contribution in [3.05, 3.63) is 10.6 Å². The van der Waals surface area contributed by atoms with E-state index in [9.17, 15) is 0 Å². The van der Waals surface area contributed by atoms with Crippen molar-refractivity contribution in [3.8, 4) is 0 Å². The fraction of sp³-hybridized carbons (Fsp3) is 1.00. The summed E-state index contributed by atoms with van der Waals surface area (Å²) in [6.45, 7) is 15.6. The summed E-state index contributed by atoms with van der Waals surface area (Å²) in [5.74, 6) is 0. The van der Waals surface area contributed by atoms with Crippen molar-refractivity contribution < 1.29 is 0 Å². The van der Waals surface area contributed by atoms with Crippen LogP contribution in [-0.4, -0.2) is 42.5 Å². The molecule has 3 heteroatoms. The molecule has 0 amide bonds. The standard InChI is InChI=1S/2C10H22N.C8H17.Al/c2*1-3-5-7-9-11-10-8-6-4-2;1-3-5-7-8-6-4-2;/h2*3-10H2,1-2H3;1,3-8H2,2H3;/q2*-1;;+2. The summed E-state index contributed by atoms with van der Waals surface area (Å²) in [6, 6.07) is 0. The van der Waals surface area contributed by atoms with Crippen LogP contribution in [0.4, 0.5) is 0 Å². The van der Waals surface area contributed by atoms with Gasteiger partial charge in [0.15, 0.2) is 0 Å². The molecule has 0 heterocycles. The number of nitrogens with zero attached hydrogens (tertiary/aromatic N) is 2. The van der Waals surface area contributed by atoms with Crippen molar-refractivity contribution in [2.45, 2.75) is 155 Å². The second-order valence-electron chi connectivity index (χ2n) is 8.73. The number of unbranched alkanes of at least 4 members (excludes halogenated alkanes) is 13. The summed E-state index contributed by atoms with van der Waals surface area (Å²) >= 11 is 2.78. The van der Waals surface area contributed by atoms with Gasteiger partial charge in [-0.2, -0.15) is 0 Å². The van der Waals surface area contributed by atoms with E-state index in [0.717, 1.165) is 26.2 Å². The van der Waals surface area contributed by atoms with Crippen LogP contribution in [0, 0.1) is 0 Å². The van der Waals surface area contributed by atoms with Gasteiger partial charge >= 0.3 is 67.0 Å². The second kappa shape index (κ2) is 40.8. The molecule has 31 heavy (non-hydrogen) atoms. The molecule has 0 aliphatic carbocycles. The Hall–Kier alpha value is 0.452. The molecule has 186 valence electrons. The summed E-state index contributed by atoms with van der Waals surface area (Å²) in [4.78, 5) is 0. The monoisotopic (exact) mass is 452 g/mol. The van der Waals surface area contributed by atoms with Crippen LogP contribution in [0.3, 0.4) is 0 Å². The van der Waals surface area contributed by atoms with E-state index in [2.05, 4.69) is 61.5 Å². The van der Waals surface area contributed by atoms with Crippen LogP contribution in [0.15, 0.2) is 0 Å². The molecule has 0 atom stereocenters. The Bertz CT molecular complexity index is 209. The third-order valence-electron chi connectivity index (χ3n) is 5.24. The van der Waals surface area contributed by atoms with Gasteiger partial charge in [-0.15, -0.1) is 26.2 Å². The van der Waals surface area contributed by atoms with Crippen molar-refractivity contribution >= 4 is 16.3 Å². The molecule has 0 spiro atoms. The van der Waals surface area contributed by atoms with Crippen molar-refractivity contribution in [1.29, 1.82) is 0 Å². The maximum atomic E-state index is 4.45. The van der Waals surface area contributed by atoms with E-state index < -0.39 is 0 Å². The van der Waals surface area contributed by atoms with Crippen LogP contribution >= 0.6 is 0 Å². The van der Waals surface area contributed by atoms with Crippen LogP contribution in [-0.2, 0) is 0 Å². The molecule has 0 aromatic heterocycles. The van der Waals surface area contributed by atoms with E-state index in [1.807, 2.05) is 0 Å². The Morgan fingerprint density at radius 3 is 0.903 bits per heavy atom. The summed E-state index contributed by atoms with van der Waals surface area (Å²) in [5.41, 5.74) is 0. The number of rotatable bonds is 22. The van der Waals surface area contributed by atoms with Gasteiger partial charge in [-0.25, -0.2) is 0 Å². The van der Waals surface area contributed by atoms with E-state index in [1.165, 1.54) is 121 Å². The molecule has 0 aromatic carbocycles. The van der Waals surface area contributed by atoms with Gasteiger partial charge in [0.05, 0.1) is 0 Å². The Labute approximate surface area is 208 Å². The van der Waals surface area contributed by atoms with Crippen LogP contribution in [0.5, 0.6) is 0 Å². The Balaban J connectivity index is -0.000000382. The molecular formula is C28H61AlN2. The zero-order chi connectivity index (χ0) is 23.7. The smallest absolute Gasteiger partial charge is 0.0552 e. The molecule has 0 fully saturated rings. The molecule has 0 unspecified atom stereocenters. The molecule has 0 saturated carbocycles. The predicted octanol–water partition coefficient (Wildman–Crippen LogP) is 10.4. The van der Waals surface area contributed by atoms with Crippen molar-refractivity contribution in [2.24, 2.45) is 0 Å². The number of hydrogen-bond acceptors (Lipinski definition) is 0. The predicted molar refractivity (Wildman–Crippen MR) is 148 cm³/mol. The average molecular weight is 453 g/mol. The maximum absolute atomic E-state index is 4.45. The van der Waals surface area contributed by atoms with Gasteiger partial charge in [-0.05, 0) is 0 Å². The maximum Gasteiger partial charge on any atom is -0.0552 e. The topological polar surface area (TPSA) is 28.2 Å². The molecule has 0 rings (SSSR count). The minimum atomic E-state index is 1.09. The van der Waals surface area contributed by atoms with Gasteiger partial charge in [0, 0.05) is 0 Å². The Kier molecular flexibility index (Phi) is 47.4. The van der Waals surface area contributed by atoms with Gasteiger partial charge in [-0.1, -0.05) is 105 Å². The minimum Gasteiger partial charge on any atom is -0.662 e. The quantitative estimate of drug-likeness (QED) is 0.115. The van der Waals surface area contributed by atoms with Crippen LogP contribution in [0.1, 0.15) is 150 Å². The SMILES string of the molecule is CCCCCCC[CH2][Al+2].CCCCC[N-]CCCCC.CCCCC[N-]CCCCC. The first-order valence-corrected chi connectivity index (χ1v) is 15.0. The first-order chi connectivity index (χ1) is 15.2. The summed E-state index contributed by atoms with van der Waals surface area (Å²) < 4.78 is 0. The molecule has 0 bridgehead atoms. The fourth-order valence-corrected chi connectivity index (χ4v) is 3.33. The zero-order valence-corrected chi connectivity index (χ0v) is 23.9. The molecular weight excluding hydrogens is 391 g/mol. The number of hydrogen-bond donors (Lipinski definition) is 0. The molecule has 0 radical (unpaired) electrons. The van der Waals surface area contributed by atoms with Crippen molar-refractivity contribution in [1.82, 2.24) is 0 Å². The molecule has 0 aliphatic heterocycles. The van der Waals surface area contributed by atoms with Gasteiger partial charge in [0.1, 0.15) is 0 Å². The fourth-order valence-electron chi connectivity index (χ4n) is 3.04. The Morgan fingerprint density at radius 1 is 0.355 bits per heavy atom. The average Bonchev–Trinajstić information content (AvgIpc) is 2.79. The largest absolute Gasteiger partial charge is 0.662 e. The van der Waals surface area contributed by atoms with E-state index in [1.54, 1.807) is 0 Å². The minimum absolute atomic E-state index is 1.09. The van der Waals surface area contributed by atoms with Gasteiger partial charge < -0.3 is 10.6 Å².